The van der Waals surface area contributed by atoms with Crippen molar-refractivity contribution in [3.8, 4) is 0 Å². The van der Waals surface area contributed by atoms with Crippen LogP contribution in [0.25, 0.3) is 0 Å². The largest absolute Gasteiger partial charge is 0.418 e. The number of nitrogens with zero attached hydrogens (tertiary/aromatic N) is 1. The van der Waals surface area contributed by atoms with E-state index in [9.17, 15) is 13.2 Å². The van der Waals surface area contributed by atoms with Gasteiger partial charge in [-0.1, -0.05) is 15.9 Å². The van der Waals surface area contributed by atoms with Gasteiger partial charge in [-0.05, 0) is 25.1 Å². The first-order chi connectivity index (χ1) is 8.88. The quantitative estimate of drug-likeness (QED) is 0.833. The molecule has 0 saturated carbocycles. The first-order valence-electron chi connectivity index (χ1n) is 5.39. The molecule has 0 spiro atoms. The molecule has 7 heteroatoms. The van der Waals surface area contributed by atoms with Crippen molar-refractivity contribution in [2.75, 3.05) is 5.32 Å². The number of halogens is 4. The van der Waals surface area contributed by atoms with Gasteiger partial charge in [-0.3, -0.25) is 4.98 Å². The third-order valence-corrected chi connectivity index (χ3v) is 3.99. The molecule has 0 amide bonds. The highest BCUT2D eigenvalue weighted by Crippen LogP contribution is 2.38. The Labute approximate surface area is 120 Å². The number of thiazole rings is 1. The molecule has 1 N–H and O–H groups in total. The van der Waals surface area contributed by atoms with E-state index < -0.39 is 11.7 Å². The molecule has 2 nitrogen and oxygen atoms in total. The Hall–Kier alpha value is -1.08. The summed E-state index contributed by atoms with van der Waals surface area (Å²) < 4.78 is 39.3. The zero-order chi connectivity index (χ0) is 14.0. The zero-order valence-corrected chi connectivity index (χ0v) is 12.2. The molecular formula is C12H10BrF3N2S. The third kappa shape index (κ3) is 3.48. The summed E-state index contributed by atoms with van der Waals surface area (Å²) >= 11 is 4.46. The normalized spacial score (nSPS) is 13.3. The van der Waals surface area contributed by atoms with Gasteiger partial charge in [-0.25, -0.2) is 0 Å². The van der Waals surface area contributed by atoms with Crippen molar-refractivity contribution in [2.45, 2.75) is 19.1 Å². The lowest BCUT2D eigenvalue weighted by atomic mass is 10.1. The van der Waals surface area contributed by atoms with Crippen molar-refractivity contribution < 1.29 is 13.2 Å². The minimum absolute atomic E-state index is 0.0663. The van der Waals surface area contributed by atoms with E-state index >= 15 is 0 Å². The Morgan fingerprint density at radius 2 is 2.11 bits per heavy atom. The predicted molar refractivity (Wildman–Crippen MR) is 73.3 cm³/mol. The summed E-state index contributed by atoms with van der Waals surface area (Å²) in [5.74, 6) is 0. The number of rotatable bonds is 3. The SMILES string of the molecule is CC(Nc1ccc(Br)cc1C(F)(F)F)c1cncs1. The number of hydrogen-bond acceptors (Lipinski definition) is 3. The van der Waals surface area contributed by atoms with Gasteiger partial charge in [-0.15, -0.1) is 11.3 Å². The van der Waals surface area contributed by atoms with Crippen LogP contribution in [-0.2, 0) is 6.18 Å². The van der Waals surface area contributed by atoms with Gasteiger partial charge in [-0.2, -0.15) is 13.2 Å². The summed E-state index contributed by atoms with van der Waals surface area (Å²) in [5.41, 5.74) is 1.04. The Morgan fingerprint density at radius 3 is 2.68 bits per heavy atom. The van der Waals surface area contributed by atoms with Crippen LogP contribution in [0.4, 0.5) is 18.9 Å². The van der Waals surface area contributed by atoms with Gasteiger partial charge in [0.15, 0.2) is 0 Å². The van der Waals surface area contributed by atoms with Gasteiger partial charge >= 0.3 is 6.18 Å². The van der Waals surface area contributed by atoms with E-state index in [0.717, 1.165) is 10.9 Å². The van der Waals surface area contributed by atoms with Crippen LogP contribution in [0.2, 0.25) is 0 Å². The smallest absolute Gasteiger partial charge is 0.377 e. The maximum absolute atomic E-state index is 13.0. The Kier molecular flexibility index (Phi) is 4.15. The number of alkyl halides is 3. The lowest BCUT2D eigenvalue weighted by Gasteiger charge is -2.18. The van der Waals surface area contributed by atoms with Crippen LogP contribution >= 0.6 is 27.3 Å². The zero-order valence-electron chi connectivity index (χ0n) is 9.83. The summed E-state index contributed by atoms with van der Waals surface area (Å²) in [6, 6.07) is 3.85. The van der Waals surface area contributed by atoms with E-state index in [1.807, 2.05) is 0 Å². The Bertz CT molecular complexity index is 555. The van der Waals surface area contributed by atoms with Crippen LogP contribution in [0, 0.1) is 0 Å². The molecule has 1 aromatic heterocycles. The van der Waals surface area contributed by atoms with Crippen molar-refractivity contribution in [1.29, 1.82) is 0 Å². The van der Waals surface area contributed by atoms with Gasteiger partial charge in [0.1, 0.15) is 0 Å². The number of benzene rings is 1. The second-order valence-electron chi connectivity index (χ2n) is 3.96. The van der Waals surface area contributed by atoms with Gasteiger partial charge in [0, 0.05) is 21.2 Å². The van der Waals surface area contributed by atoms with E-state index in [1.165, 1.54) is 17.4 Å². The highest BCUT2D eigenvalue weighted by Gasteiger charge is 2.34. The fourth-order valence-corrected chi connectivity index (χ4v) is 2.61. The van der Waals surface area contributed by atoms with E-state index in [-0.39, 0.29) is 11.7 Å². The molecule has 1 unspecified atom stereocenters. The number of hydrogen-bond donors (Lipinski definition) is 1. The average molecular weight is 351 g/mol. The molecule has 102 valence electrons. The molecular weight excluding hydrogens is 341 g/mol. The first kappa shape index (κ1) is 14.3. The highest BCUT2D eigenvalue weighted by atomic mass is 79.9. The molecule has 0 aliphatic heterocycles. The molecule has 0 radical (unpaired) electrons. The standard InChI is InChI=1S/C12H10BrF3N2S/c1-7(11-5-17-6-19-11)18-10-3-2-8(13)4-9(10)12(14,15)16/h2-7,18H,1H3. The van der Waals surface area contributed by atoms with Crippen LogP contribution in [0.1, 0.15) is 23.4 Å². The van der Waals surface area contributed by atoms with E-state index in [4.69, 9.17) is 0 Å². The monoisotopic (exact) mass is 350 g/mol. The van der Waals surface area contributed by atoms with Gasteiger partial charge in [0.25, 0.3) is 0 Å². The summed E-state index contributed by atoms with van der Waals surface area (Å²) in [4.78, 5) is 4.80. The lowest BCUT2D eigenvalue weighted by Crippen LogP contribution is -2.13. The molecule has 2 aromatic rings. The summed E-state index contributed by atoms with van der Waals surface area (Å²) in [6.07, 6.45) is -2.74. The molecule has 2 rings (SSSR count). The third-order valence-electron chi connectivity index (χ3n) is 2.54. The van der Waals surface area contributed by atoms with E-state index in [1.54, 1.807) is 24.7 Å². The topological polar surface area (TPSA) is 24.9 Å². The van der Waals surface area contributed by atoms with E-state index in [0.29, 0.717) is 4.47 Å². The number of nitrogens with one attached hydrogen (secondary N) is 1. The van der Waals surface area contributed by atoms with Crippen molar-refractivity contribution in [3.63, 3.8) is 0 Å². The summed E-state index contributed by atoms with van der Waals surface area (Å²) in [7, 11) is 0. The summed E-state index contributed by atoms with van der Waals surface area (Å²) in [6.45, 7) is 1.80. The van der Waals surface area contributed by atoms with Gasteiger partial charge in [0.2, 0.25) is 0 Å². The van der Waals surface area contributed by atoms with Crippen molar-refractivity contribution in [2.24, 2.45) is 0 Å². The Morgan fingerprint density at radius 1 is 1.37 bits per heavy atom. The number of anilines is 1. The molecule has 0 aliphatic rings. The fraction of sp³-hybridized carbons (Fsp3) is 0.250. The number of aromatic nitrogens is 1. The molecule has 0 aliphatic carbocycles. The molecule has 1 aromatic carbocycles. The maximum atomic E-state index is 13.0. The molecule has 19 heavy (non-hydrogen) atoms. The van der Waals surface area contributed by atoms with Crippen molar-refractivity contribution in [1.82, 2.24) is 4.98 Å². The molecule has 0 fully saturated rings. The molecule has 0 bridgehead atoms. The van der Waals surface area contributed by atoms with Crippen molar-refractivity contribution >= 4 is 33.0 Å². The second kappa shape index (κ2) is 5.50. The average Bonchev–Trinajstić information content (AvgIpc) is 2.83. The Balaban J connectivity index is 2.30. The second-order valence-corrected chi connectivity index (χ2v) is 5.79. The molecule has 1 heterocycles. The highest BCUT2D eigenvalue weighted by molar-refractivity contribution is 9.10. The fourth-order valence-electron chi connectivity index (χ4n) is 1.62. The lowest BCUT2D eigenvalue weighted by molar-refractivity contribution is -0.137. The minimum atomic E-state index is -4.39. The van der Waals surface area contributed by atoms with Gasteiger partial charge < -0.3 is 5.32 Å². The van der Waals surface area contributed by atoms with Crippen LogP contribution in [0.3, 0.4) is 0 Å². The van der Waals surface area contributed by atoms with Crippen LogP contribution in [0.15, 0.2) is 34.4 Å². The predicted octanol–water partition coefficient (Wildman–Crippen LogP) is 5.10. The van der Waals surface area contributed by atoms with Gasteiger partial charge in [0.05, 0.1) is 17.1 Å². The summed E-state index contributed by atoms with van der Waals surface area (Å²) in [5, 5.41) is 2.88. The van der Waals surface area contributed by atoms with Crippen LogP contribution < -0.4 is 5.32 Å². The maximum Gasteiger partial charge on any atom is 0.418 e. The van der Waals surface area contributed by atoms with Crippen LogP contribution in [-0.4, -0.2) is 4.98 Å². The minimum Gasteiger partial charge on any atom is -0.377 e. The van der Waals surface area contributed by atoms with Crippen molar-refractivity contribution in [3.05, 3.63) is 44.8 Å². The van der Waals surface area contributed by atoms with E-state index in [2.05, 4.69) is 26.2 Å². The first-order valence-corrected chi connectivity index (χ1v) is 7.07. The van der Waals surface area contributed by atoms with Crippen LogP contribution in [0.5, 0.6) is 0 Å². The molecule has 0 saturated heterocycles. The molecule has 1 atom stereocenters.